The minimum absolute atomic E-state index is 0.0674. The summed E-state index contributed by atoms with van der Waals surface area (Å²) in [6, 6.07) is 20.6. The van der Waals surface area contributed by atoms with E-state index < -0.39 is 0 Å². The molecule has 1 aliphatic heterocycles. The van der Waals surface area contributed by atoms with Crippen LogP contribution in [0.4, 0.5) is 10.5 Å². The Labute approximate surface area is 184 Å². The van der Waals surface area contributed by atoms with Gasteiger partial charge in [0.1, 0.15) is 0 Å². The van der Waals surface area contributed by atoms with Crippen molar-refractivity contribution < 1.29 is 9.53 Å². The summed E-state index contributed by atoms with van der Waals surface area (Å²) < 4.78 is 7.33. The highest BCUT2D eigenvalue weighted by atomic mass is 16.5. The number of ether oxygens (including phenoxy) is 1. The van der Waals surface area contributed by atoms with Crippen LogP contribution in [0.3, 0.4) is 0 Å². The van der Waals surface area contributed by atoms with Gasteiger partial charge < -0.3 is 24.4 Å². The number of carbonyl (C=O) groups is 1. The molecule has 0 saturated carbocycles. The Morgan fingerprint density at radius 3 is 2.61 bits per heavy atom. The molecule has 0 unspecified atom stereocenters. The fourth-order valence-corrected chi connectivity index (χ4v) is 4.16. The smallest absolute Gasteiger partial charge is 0.318 e. The molecule has 0 spiro atoms. The van der Waals surface area contributed by atoms with Gasteiger partial charge in [0, 0.05) is 51.9 Å². The molecule has 2 heterocycles. The zero-order chi connectivity index (χ0) is 21.8. The van der Waals surface area contributed by atoms with Crippen molar-refractivity contribution in [3.8, 4) is 5.69 Å². The van der Waals surface area contributed by atoms with Gasteiger partial charge in [-0.15, -0.1) is 0 Å². The molecule has 2 aromatic carbocycles. The van der Waals surface area contributed by atoms with E-state index in [2.05, 4.69) is 63.4 Å². The number of rotatable bonds is 6. The van der Waals surface area contributed by atoms with Crippen LogP contribution in [0.1, 0.15) is 29.3 Å². The van der Waals surface area contributed by atoms with E-state index in [1.807, 2.05) is 37.2 Å². The first-order valence-electron chi connectivity index (χ1n) is 10.7. The first kappa shape index (κ1) is 21.0. The molecule has 6 heteroatoms. The third-order valence-electron chi connectivity index (χ3n) is 5.75. The average molecular weight is 419 g/mol. The van der Waals surface area contributed by atoms with Gasteiger partial charge in [-0.1, -0.05) is 30.3 Å². The molecule has 6 nitrogen and oxygen atoms in total. The van der Waals surface area contributed by atoms with Crippen LogP contribution < -0.4 is 10.2 Å². The molecule has 0 radical (unpaired) electrons. The minimum atomic E-state index is -0.193. The summed E-state index contributed by atoms with van der Waals surface area (Å²) >= 11 is 0. The number of nitrogens with one attached hydrogen (secondary N) is 1. The quantitative estimate of drug-likeness (QED) is 0.611. The molecule has 0 bridgehead atoms. The molecule has 1 aromatic heterocycles. The topological polar surface area (TPSA) is 49.7 Å². The van der Waals surface area contributed by atoms with Gasteiger partial charge >= 0.3 is 6.03 Å². The van der Waals surface area contributed by atoms with Gasteiger partial charge in [0.2, 0.25) is 0 Å². The van der Waals surface area contributed by atoms with E-state index in [0.29, 0.717) is 19.7 Å². The molecule has 1 atom stereocenters. The number of methoxy groups -OCH3 is 1. The minimum Gasteiger partial charge on any atom is -0.385 e. The van der Waals surface area contributed by atoms with Crippen molar-refractivity contribution in [3.05, 3.63) is 83.7 Å². The molecule has 0 saturated heterocycles. The Balaban J connectivity index is 1.75. The lowest BCUT2D eigenvalue weighted by Crippen LogP contribution is -2.42. The Kier molecular flexibility index (Phi) is 6.28. The standard InChI is InChI=1S/C25H30N4O2/c1-27(2)21-13-11-19(12-14-21)24-23-10-6-16-28(23)22-9-5-4-8-20(22)18-29(24)25(30)26-15-7-17-31-3/h4-6,8-14,16,24H,7,15,17-18H2,1-3H3,(H,26,30)/t24-/m0/s1. The highest BCUT2D eigenvalue weighted by Gasteiger charge is 2.32. The SMILES string of the molecule is COCCCNC(=O)N1Cc2ccccc2-n2cccc2[C@@H]1c1ccc(N(C)C)cc1. The first-order chi connectivity index (χ1) is 15.1. The van der Waals surface area contributed by atoms with Crippen molar-refractivity contribution in [2.24, 2.45) is 0 Å². The number of benzene rings is 2. The van der Waals surface area contributed by atoms with Crippen LogP contribution in [0.15, 0.2) is 66.9 Å². The van der Waals surface area contributed by atoms with Crippen molar-refractivity contribution in [2.45, 2.75) is 19.0 Å². The van der Waals surface area contributed by atoms with Crippen molar-refractivity contribution in [1.29, 1.82) is 0 Å². The first-order valence-corrected chi connectivity index (χ1v) is 10.7. The number of aromatic nitrogens is 1. The van der Waals surface area contributed by atoms with E-state index in [1.165, 1.54) is 0 Å². The van der Waals surface area contributed by atoms with E-state index in [-0.39, 0.29) is 12.1 Å². The van der Waals surface area contributed by atoms with Crippen LogP contribution in [-0.4, -0.2) is 49.9 Å². The van der Waals surface area contributed by atoms with Gasteiger partial charge in [-0.05, 0) is 47.9 Å². The zero-order valence-corrected chi connectivity index (χ0v) is 18.4. The number of para-hydroxylation sites is 1. The normalized spacial score (nSPS) is 15.1. The Morgan fingerprint density at radius 1 is 1.10 bits per heavy atom. The predicted molar refractivity (Wildman–Crippen MR) is 124 cm³/mol. The van der Waals surface area contributed by atoms with Crippen molar-refractivity contribution >= 4 is 11.7 Å². The molecule has 162 valence electrons. The van der Waals surface area contributed by atoms with Gasteiger partial charge in [0.25, 0.3) is 0 Å². The summed E-state index contributed by atoms with van der Waals surface area (Å²) in [7, 11) is 5.74. The second-order valence-electron chi connectivity index (χ2n) is 8.03. The zero-order valence-electron chi connectivity index (χ0n) is 18.4. The predicted octanol–water partition coefficient (Wildman–Crippen LogP) is 4.19. The summed E-state index contributed by atoms with van der Waals surface area (Å²) in [6.07, 6.45) is 2.86. The number of carbonyl (C=O) groups excluding carboxylic acids is 1. The largest absolute Gasteiger partial charge is 0.385 e. The maximum atomic E-state index is 13.4. The number of hydrogen-bond acceptors (Lipinski definition) is 3. The second kappa shape index (κ2) is 9.27. The van der Waals surface area contributed by atoms with Crippen LogP contribution >= 0.6 is 0 Å². The van der Waals surface area contributed by atoms with Crippen molar-refractivity contribution in [1.82, 2.24) is 14.8 Å². The number of nitrogens with zero attached hydrogens (tertiary/aromatic N) is 3. The lowest BCUT2D eigenvalue weighted by molar-refractivity contribution is 0.174. The van der Waals surface area contributed by atoms with E-state index in [1.54, 1.807) is 7.11 Å². The summed E-state index contributed by atoms with van der Waals surface area (Å²) in [4.78, 5) is 17.4. The Morgan fingerprint density at radius 2 is 1.87 bits per heavy atom. The van der Waals surface area contributed by atoms with Crippen molar-refractivity contribution in [2.75, 3.05) is 39.3 Å². The fourth-order valence-electron chi connectivity index (χ4n) is 4.16. The highest BCUT2D eigenvalue weighted by molar-refractivity contribution is 5.76. The number of anilines is 1. The summed E-state index contributed by atoms with van der Waals surface area (Å²) in [5.41, 5.74) is 5.54. The fraction of sp³-hybridized carbons (Fsp3) is 0.320. The third-order valence-corrected chi connectivity index (χ3v) is 5.75. The van der Waals surface area contributed by atoms with Crippen LogP contribution in [0.2, 0.25) is 0 Å². The molecule has 1 N–H and O–H groups in total. The van der Waals surface area contributed by atoms with E-state index >= 15 is 0 Å². The van der Waals surface area contributed by atoms with Gasteiger partial charge in [-0.3, -0.25) is 0 Å². The van der Waals surface area contributed by atoms with Crippen LogP contribution in [0.25, 0.3) is 5.69 Å². The van der Waals surface area contributed by atoms with E-state index in [9.17, 15) is 4.79 Å². The molecule has 2 amide bonds. The van der Waals surface area contributed by atoms with Crippen LogP contribution in [0.5, 0.6) is 0 Å². The maximum Gasteiger partial charge on any atom is 0.318 e. The maximum absolute atomic E-state index is 13.4. The number of fused-ring (bicyclic) bond motifs is 3. The number of hydrogen-bond donors (Lipinski definition) is 1. The van der Waals surface area contributed by atoms with Crippen LogP contribution in [-0.2, 0) is 11.3 Å². The summed E-state index contributed by atoms with van der Waals surface area (Å²) in [6.45, 7) is 1.74. The van der Waals surface area contributed by atoms with Crippen molar-refractivity contribution in [3.63, 3.8) is 0 Å². The van der Waals surface area contributed by atoms with Gasteiger partial charge in [0.15, 0.2) is 0 Å². The number of amides is 2. The average Bonchev–Trinajstić information content (AvgIpc) is 3.21. The lowest BCUT2D eigenvalue weighted by atomic mass is 10.0. The Bertz CT molecular complexity index is 1030. The second-order valence-corrected chi connectivity index (χ2v) is 8.03. The third kappa shape index (κ3) is 4.30. The Hall–Kier alpha value is -3.25. The van der Waals surface area contributed by atoms with Gasteiger partial charge in [-0.2, -0.15) is 0 Å². The molecule has 3 aromatic rings. The monoisotopic (exact) mass is 418 g/mol. The summed E-state index contributed by atoms with van der Waals surface area (Å²) in [5, 5.41) is 3.09. The molecule has 31 heavy (non-hydrogen) atoms. The lowest BCUT2D eigenvalue weighted by Gasteiger charge is -2.31. The summed E-state index contributed by atoms with van der Waals surface area (Å²) in [5.74, 6) is 0. The molecule has 0 fully saturated rings. The van der Waals surface area contributed by atoms with Gasteiger partial charge in [-0.25, -0.2) is 4.79 Å². The molecular weight excluding hydrogens is 388 g/mol. The molecule has 0 aliphatic carbocycles. The van der Waals surface area contributed by atoms with E-state index in [0.717, 1.165) is 34.6 Å². The molecular formula is C25H30N4O2. The van der Waals surface area contributed by atoms with E-state index in [4.69, 9.17) is 4.74 Å². The van der Waals surface area contributed by atoms with Crippen LogP contribution in [0, 0.1) is 0 Å². The molecule has 1 aliphatic rings. The highest BCUT2D eigenvalue weighted by Crippen LogP contribution is 2.37. The number of urea groups is 1. The molecule has 4 rings (SSSR count). The van der Waals surface area contributed by atoms with Gasteiger partial charge in [0.05, 0.1) is 18.3 Å².